The van der Waals surface area contributed by atoms with Gasteiger partial charge in [-0.25, -0.2) is 4.98 Å². The second-order valence-corrected chi connectivity index (χ2v) is 5.87. The van der Waals surface area contributed by atoms with Gasteiger partial charge >= 0.3 is 0 Å². The third-order valence-electron chi connectivity index (χ3n) is 4.04. The first-order valence-electron chi connectivity index (χ1n) is 8.95. The van der Waals surface area contributed by atoms with Gasteiger partial charge in [-0.3, -0.25) is 4.99 Å². The summed E-state index contributed by atoms with van der Waals surface area (Å²) < 4.78 is 10.9. The lowest BCUT2D eigenvalue weighted by Gasteiger charge is -2.14. The number of guanidine groups is 1. The normalized spacial score (nSPS) is 11.0. The molecule has 0 saturated heterocycles. The van der Waals surface area contributed by atoms with Crippen molar-refractivity contribution in [2.45, 2.75) is 13.3 Å². The Balaban J connectivity index is 0.00000280. The highest BCUT2D eigenvalue weighted by Crippen LogP contribution is 2.30. The second kappa shape index (κ2) is 10.7. The molecule has 0 fully saturated rings. The molecule has 28 heavy (non-hydrogen) atoms. The molecule has 150 valence electrons. The predicted octanol–water partition coefficient (Wildman–Crippen LogP) is 3.82. The number of methoxy groups -OCH3 is 1. The molecule has 2 aromatic carbocycles. The molecule has 0 aliphatic carbocycles. The van der Waals surface area contributed by atoms with E-state index in [1.807, 2.05) is 49.4 Å². The van der Waals surface area contributed by atoms with Crippen molar-refractivity contribution in [1.29, 1.82) is 0 Å². The van der Waals surface area contributed by atoms with Gasteiger partial charge in [0.15, 0.2) is 17.5 Å². The molecule has 0 atom stereocenters. The number of hydrogen-bond acceptors (Lipinski definition) is 4. The van der Waals surface area contributed by atoms with Gasteiger partial charge in [-0.15, -0.1) is 24.0 Å². The van der Waals surface area contributed by atoms with Crippen molar-refractivity contribution in [3.8, 4) is 11.5 Å². The van der Waals surface area contributed by atoms with E-state index in [-0.39, 0.29) is 24.0 Å². The van der Waals surface area contributed by atoms with Crippen LogP contribution in [0.2, 0.25) is 0 Å². The van der Waals surface area contributed by atoms with Gasteiger partial charge in [0.1, 0.15) is 5.82 Å². The van der Waals surface area contributed by atoms with Crippen LogP contribution in [0.4, 0.5) is 5.69 Å². The standard InChI is InChI=1S/C20H25N5O2.HI/c1-4-27-18-13-14(9-10-17(18)26-3)23-20(21-2)22-12-11-19-24-15-7-5-6-8-16(15)25-19;/h5-10,13H,4,11-12H2,1-3H3,(H,24,25)(H2,21,22,23);1H. The number of nitrogens with one attached hydrogen (secondary N) is 3. The molecule has 0 unspecified atom stereocenters. The minimum absolute atomic E-state index is 0. The van der Waals surface area contributed by atoms with Gasteiger partial charge in [0.2, 0.25) is 0 Å². The van der Waals surface area contributed by atoms with Crippen LogP contribution in [0.3, 0.4) is 0 Å². The topological polar surface area (TPSA) is 83.6 Å². The zero-order valence-electron chi connectivity index (χ0n) is 16.3. The molecule has 3 aromatic rings. The quantitative estimate of drug-likeness (QED) is 0.264. The molecule has 7 nitrogen and oxygen atoms in total. The summed E-state index contributed by atoms with van der Waals surface area (Å²) in [5.74, 6) is 3.03. The van der Waals surface area contributed by atoms with Crippen molar-refractivity contribution >= 4 is 46.7 Å². The van der Waals surface area contributed by atoms with Crippen molar-refractivity contribution < 1.29 is 9.47 Å². The molecule has 3 N–H and O–H groups in total. The molecule has 0 radical (unpaired) electrons. The third kappa shape index (κ3) is 5.51. The summed E-state index contributed by atoms with van der Waals surface area (Å²) in [5.41, 5.74) is 2.91. The predicted molar refractivity (Wildman–Crippen MR) is 124 cm³/mol. The number of fused-ring (bicyclic) bond motifs is 1. The Hall–Kier alpha value is -2.49. The van der Waals surface area contributed by atoms with Crippen molar-refractivity contribution in [2.24, 2.45) is 4.99 Å². The maximum atomic E-state index is 5.61. The number of imidazole rings is 1. The molecule has 0 spiro atoms. The van der Waals surface area contributed by atoms with Crippen LogP contribution in [0.5, 0.6) is 11.5 Å². The Morgan fingerprint density at radius 1 is 1.18 bits per heavy atom. The number of para-hydroxylation sites is 2. The fourth-order valence-electron chi connectivity index (χ4n) is 2.76. The number of aromatic amines is 1. The maximum absolute atomic E-state index is 5.61. The first-order valence-corrected chi connectivity index (χ1v) is 8.95. The Kier molecular flexibility index (Phi) is 8.37. The lowest BCUT2D eigenvalue weighted by atomic mass is 10.2. The van der Waals surface area contributed by atoms with Crippen LogP contribution < -0.4 is 20.1 Å². The minimum atomic E-state index is 0. The van der Waals surface area contributed by atoms with Gasteiger partial charge in [0.05, 0.1) is 24.8 Å². The smallest absolute Gasteiger partial charge is 0.195 e. The molecule has 1 heterocycles. The largest absolute Gasteiger partial charge is 0.493 e. The van der Waals surface area contributed by atoms with E-state index in [1.165, 1.54) is 0 Å². The van der Waals surface area contributed by atoms with E-state index >= 15 is 0 Å². The lowest BCUT2D eigenvalue weighted by molar-refractivity contribution is 0.311. The van der Waals surface area contributed by atoms with Gasteiger partial charge in [-0.05, 0) is 31.2 Å². The number of benzene rings is 2. The van der Waals surface area contributed by atoms with Gasteiger partial charge < -0.3 is 25.1 Å². The summed E-state index contributed by atoms with van der Waals surface area (Å²) in [7, 11) is 3.37. The third-order valence-corrected chi connectivity index (χ3v) is 4.04. The van der Waals surface area contributed by atoms with E-state index in [9.17, 15) is 0 Å². The van der Waals surface area contributed by atoms with Crippen LogP contribution in [0.1, 0.15) is 12.7 Å². The van der Waals surface area contributed by atoms with E-state index in [2.05, 4.69) is 25.6 Å². The van der Waals surface area contributed by atoms with Crippen molar-refractivity contribution in [3.05, 3.63) is 48.3 Å². The molecule has 0 amide bonds. The van der Waals surface area contributed by atoms with Crippen molar-refractivity contribution in [1.82, 2.24) is 15.3 Å². The molecule has 3 rings (SSSR count). The number of rotatable bonds is 7. The summed E-state index contributed by atoms with van der Waals surface area (Å²) in [5, 5.41) is 6.56. The Morgan fingerprint density at radius 2 is 2.00 bits per heavy atom. The van der Waals surface area contributed by atoms with E-state index in [0.29, 0.717) is 30.6 Å². The monoisotopic (exact) mass is 495 g/mol. The van der Waals surface area contributed by atoms with E-state index < -0.39 is 0 Å². The Bertz CT molecular complexity index is 893. The Morgan fingerprint density at radius 3 is 2.71 bits per heavy atom. The first-order chi connectivity index (χ1) is 13.2. The zero-order valence-corrected chi connectivity index (χ0v) is 18.6. The van der Waals surface area contributed by atoms with Gasteiger partial charge in [-0.2, -0.15) is 0 Å². The number of halogens is 1. The molecule has 0 aliphatic heterocycles. The number of anilines is 1. The number of aliphatic imine (C=N–C) groups is 1. The van der Waals surface area contributed by atoms with Gasteiger partial charge in [0, 0.05) is 31.8 Å². The molecule has 0 aliphatic rings. The van der Waals surface area contributed by atoms with Crippen LogP contribution in [-0.2, 0) is 6.42 Å². The van der Waals surface area contributed by atoms with Crippen LogP contribution in [-0.4, -0.2) is 43.2 Å². The van der Waals surface area contributed by atoms with Crippen LogP contribution in [0, 0.1) is 0 Å². The maximum Gasteiger partial charge on any atom is 0.195 e. The molecule has 0 saturated carbocycles. The fourth-order valence-corrected chi connectivity index (χ4v) is 2.76. The Labute approximate surface area is 182 Å². The number of H-pyrrole nitrogens is 1. The molecule has 0 bridgehead atoms. The average Bonchev–Trinajstić information content (AvgIpc) is 3.10. The average molecular weight is 495 g/mol. The van der Waals surface area contributed by atoms with Crippen molar-refractivity contribution in [3.63, 3.8) is 0 Å². The molecular weight excluding hydrogens is 469 g/mol. The first kappa shape index (κ1) is 21.8. The number of ether oxygens (including phenoxy) is 2. The highest BCUT2D eigenvalue weighted by Gasteiger charge is 2.07. The highest BCUT2D eigenvalue weighted by molar-refractivity contribution is 14.0. The highest BCUT2D eigenvalue weighted by atomic mass is 127. The van der Waals surface area contributed by atoms with Crippen LogP contribution in [0.25, 0.3) is 11.0 Å². The summed E-state index contributed by atoms with van der Waals surface area (Å²) in [6.07, 6.45) is 0.766. The summed E-state index contributed by atoms with van der Waals surface area (Å²) in [6, 6.07) is 13.7. The van der Waals surface area contributed by atoms with Gasteiger partial charge in [-0.1, -0.05) is 12.1 Å². The fraction of sp³-hybridized carbons (Fsp3) is 0.300. The summed E-state index contributed by atoms with van der Waals surface area (Å²) >= 11 is 0. The van der Waals surface area contributed by atoms with Crippen LogP contribution in [0.15, 0.2) is 47.5 Å². The van der Waals surface area contributed by atoms with Crippen LogP contribution >= 0.6 is 24.0 Å². The number of nitrogens with zero attached hydrogens (tertiary/aromatic N) is 2. The number of hydrogen-bond donors (Lipinski definition) is 3. The second-order valence-electron chi connectivity index (χ2n) is 5.87. The van der Waals surface area contributed by atoms with Gasteiger partial charge in [0.25, 0.3) is 0 Å². The SMILES string of the molecule is CCOc1cc(NC(=NC)NCCc2nc3ccccc3[nH]2)ccc1OC.I. The number of aromatic nitrogens is 2. The van der Waals surface area contributed by atoms with Crippen molar-refractivity contribution in [2.75, 3.05) is 32.6 Å². The minimum Gasteiger partial charge on any atom is -0.493 e. The van der Waals surface area contributed by atoms with E-state index in [4.69, 9.17) is 9.47 Å². The lowest BCUT2D eigenvalue weighted by Crippen LogP contribution is -2.32. The summed E-state index contributed by atoms with van der Waals surface area (Å²) in [4.78, 5) is 12.2. The van der Waals surface area contributed by atoms with E-state index in [1.54, 1.807) is 14.2 Å². The molecule has 1 aromatic heterocycles. The molecule has 8 heteroatoms. The zero-order chi connectivity index (χ0) is 19.1. The van der Waals surface area contributed by atoms with E-state index in [0.717, 1.165) is 29.0 Å². The summed E-state index contributed by atoms with van der Waals surface area (Å²) in [6.45, 7) is 3.22. The molecular formula is C20H26IN5O2.